The smallest absolute Gasteiger partial charge is 0.244 e. The SMILES string of the molecule is CC(=O)Nc1ccc(S(=O)(=O)N2CCS[C@@H]2c2ccccc2)cc1. The third-order valence-electron chi connectivity index (χ3n) is 3.71. The predicted octanol–water partition coefficient (Wildman–Crippen LogP) is 3.08. The van der Waals surface area contributed by atoms with Crippen LogP contribution in [0.3, 0.4) is 0 Å². The highest BCUT2D eigenvalue weighted by Crippen LogP contribution is 2.41. The topological polar surface area (TPSA) is 66.5 Å². The summed E-state index contributed by atoms with van der Waals surface area (Å²) in [4.78, 5) is 11.3. The second-order valence-electron chi connectivity index (χ2n) is 5.46. The van der Waals surface area contributed by atoms with Crippen molar-refractivity contribution in [2.45, 2.75) is 17.2 Å². The number of thioether (sulfide) groups is 1. The summed E-state index contributed by atoms with van der Waals surface area (Å²) in [7, 11) is -3.58. The van der Waals surface area contributed by atoms with E-state index in [2.05, 4.69) is 5.32 Å². The lowest BCUT2D eigenvalue weighted by atomic mass is 10.2. The summed E-state index contributed by atoms with van der Waals surface area (Å²) in [6.45, 7) is 1.90. The summed E-state index contributed by atoms with van der Waals surface area (Å²) >= 11 is 1.63. The highest BCUT2D eigenvalue weighted by atomic mass is 32.2. The average molecular weight is 362 g/mol. The Hall–Kier alpha value is -1.83. The lowest BCUT2D eigenvalue weighted by Crippen LogP contribution is -2.30. The van der Waals surface area contributed by atoms with Gasteiger partial charge in [-0.3, -0.25) is 4.79 Å². The third-order valence-corrected chi connectivity index (χ3v) is 6.99. The van der Waals surface area contributed by atoms with Crippen molar-refractivity contribution in [3.05, 3.63) is 60.2 Å². The molecule has 0 unspecified atom stereocenters. The number of amides is 1. The maximum absolute atomic E-state index is 13.0. The number of nitrogens with one attached hydrogen (secondary N) is 1. The molecule has 0 saturated carbocycles. The molecule has 1 heterocycles. The number of hydrogen-bond acceptors (Lipinski definition) is 4. The fourth-order valence-electron chi connectivity index (χ4n) is 2.63. The molecule has 7 heteroatoms. The largest absolute Gasteiger partial charge is 0.326 e. The van der Waals surface area contributed by atoms with E-state index in [9.17, 15) is 13.2 Å². The van der Waals surface area contributed by atoms with Gasteiger partial charge in [0.15, 0.2) is 0 Å². The maximum atomic E-state index is 13.0. The van der Waals surface area contributed by atoms with Crippen LogP contribution < -0.4 is 5.32 Å². The normalized spacial score (nSPS) is 18.5. The van der Waals surface area contributed by atoms with Crippen LogP contribution in [-0.4, -0.2) is 30.9 Å². The minimum absolute atomic E-state index is 0.189. The number of benzene rings is 2. The first-order valence-electron chi connectivity index (χ1n) is 7.54. The summed E-state index contributed by atoms with van der Waals surface area (Å²) in [6, 6.07) is 15.9. The zero-order valence-corrected chi connectivity index (χ0v) is 14.8. The summed E-state index contributed by atoms with van der Waals surface area (Å²) < 4.78 is 27.5. The first-order chi connectivity index (χ1) is 11.5. The van der Waals surface area contributed by atoms with Gasteiger partial charge in [-0.05, 0) is 29.8 Å². The van der Waals surface area contributed by atoms with Crippen molar-refractivity contribution in [2.24, 2.45) is 0 Å². The lowest BCUT2D eigenvalue weighted by molar-refractivity contribution is -0.114. The number of anilines is 1. The van der Waals surface area contributed by atoms with Crippen molar-refractivity contribution in [3.63, 3.8) is 0 Å². The Morgan fingerprint density at radius 1 is 1.12 bits per heavy atom. The number of carbonyl (C=O) groups excluding carboxylic acids is 1. The van der Waals surface area contributed by atoms with E-state index in [1.165, 1.54) is 19.1 Å². The number of sulfonamides is 1. The molecule has 1 amide bonds. The summed E-state index contributed by atoms with van der Waals surface area (Å²) in [5, 5.41) is 2.43. The first kappa shape index (κ1) is 17.0. The van der Waals surface area contributed by atoms with E-state index in [1.54, 1.807) is 28.2 Å². The molecule has 126 valence electrons. The molecule has 0 radical (unpaired) electrons. The zero-order chi connectivity index (χ0) is 17.2. The van der Waals surface area contributed by atoms with E-state index in [0.717, 1.165) is 11.3 Å². The molecule has 5 nitrogen and oxygen atoms in total. The van der Waals surface area contributed by atoms with Crippen molar-refractivity contribution in [1.82, 2.24) is 4.31 Å². The van der Waals surface area contributed by atoms with Gasteiger partial charge in [-0.1, -0.05) is 30.3 Å². The van der Waals surface area contributed by atoms with Gasteiger partial charge in [0.25, 0.3) is 0 Å². The van der Waals surface area contributed by atoms with Crippen molar-refractivity contribution >= 4 is 33.4 Å². The van der Waals surface area contributed by atoms with E-state index >= 15 is 0 Å². The van der Waals surface area contributed by atoms with Gasteiger partial charge in [-0.15, -0.1) is 11.8 Å². The number of rotatable bonds is 4. The Bertz CT molecular complexity index is 821. The predicted molar refractivity (Wildman–Crippen MR) is 96.3 cm³/mol. The molecule has 0 aromatic heterocycles. The molecule has 1 atom stereocenters. The van der Waals surface area contributed by atoms with Crippen LogP contribution in [0.25, 0.3) is 0 Å². The molecule has 2 aromatic carbocycles. The van der Waals surface area contributed by atoms with Crippen LogP contribution in [0.2, 0.25) is 0 Å². The Morgan fingerprint density at radius 2 is 1.79 bits per heavy atom. The molecule has 1 N–H and O–H groups in total. The maximum Gasteiger partial charge on any atom is 0.244 e. The molecule has 1 aliphatic rings. The molecule has 1 fully saturated rings. The van der Waals surface area contributed by atoms with Crippen molar-refractivity contribution < 1.29 is 13.2 Å². The highest BCUT2D eigenvalue weighted by Gasteiger charge is 2.36. The van der Waals surface area contributed by atoms with Crippen molar-refractivity contribution in [1.29, 1.82) is 0 Å². The molecule has 3 rings (SSSR count). The van der Waals surface area contributed by atoms with E-state index in [-0.39, 0.29) is 16.2 Å². The molecule has 0 spiro atoms. The second-order valence-corrected chi connectivity index (χ2v) is 8.53. The fraction of sp³-hybridized carbons (Fsp3) is 0.235. The van der Waals surface area contributed by atoms with Gasteiger partial charge >= 0.3 is 0 Å². The van der Waals surface area contributed by atoms with Crippen LogP contribution in [0.15, 0.2) is 59.5 Å². The third kappa shape index (κ3) is 3.48. The summed E-state index contributed by atoms with van der Waals surface area (Å²) in [5.41, 5.74) is 1.57. The average Bonchev–Trinajstić information content (AvgIpc) is 3.06. The summed E-state index contributed by atoms with van der Waals surface area (Å²) in [5.74, 6) is 0.577. The Kier molecular flexibility index (Phi) is 4.93. The monoisotopic (exact) mass is 362 g/mol. The van der Waals surface area contributed by atoms with E-state index < -0.39 is 10.0 Å². The minimum Gasteiger partial charge on any atom is -0.326 e. The van der Waals surface area contributed by atoms with Gasteiger partial charge in [0.2, 0.25) is 15.9 Å². The molecule has 2 aromatic rings. The highest BCUT2D eigenvalue weighted by molar-refractivity contribution is 8.01. The van der Waals surface area contributed by atoms with Crippen LogP contribution in [0.5, 0.6) is 0 Å². The van der Waals surface area contributed by atoms with Gasteiger partial charge in [0.1, 0.15) is 0 Å². The molecular formula is C17H18N2O3S2. The number of carbonyl (C=O) groups is 1. The fourth-order valence-corrected chi connectivity index (χ4v) is 5.87. The van der Waals surface area contributed by atoms with Crippen LogP contribution >= 0.6 is 11.8 Å². The minimum atomic E-state index is -3.58. The standard InChI is InChI=1S/C17H18N2O3S2/c1-13(20)18-15-7-9-16(10-8-15)24(21,22)19-11-12-23-17(19)14-5-3-2-4-6-14/h2-10,17H,11-12H2,1H3,(H,18,20)/t17-/m1/s1. The van der Waals surface area contributed by atoms with Gasteiger partial charge in [-0.2, -0.15) is 4.31 Å². The molecule has 1 aliphatic heterocycles. The Morgan fingerprint density at radius 3 is 2.42 bits per heavy atom. The molecule has 1 saturated heterocycles. The van der Waals surface area contributed by atoms with Crippen LogP contribution in [0, 0.1) is 0 Å². The van der Waals surface area contributed by atoms with E-state index in [0.29, 0.717) is 12.2 Å². The molecular weight excluding hydrogens is 344 g/mol. The van der Waals surface area contributed by atoms with Gasteiger partial charge < -0.3 is 5.32 Å². The van der Waals surface area contributed by atoms with Crippen molar-refractivity contribution in [2.75, 3.05) is 17.6 Å². The molecule has 24 heavy (non-hydrogen) atoms. The van der Waals surface area contributed by atoms with Crippen molar-refractivity contribution in [3.8, 4) is 0 Å². The van der Waals surface area contributed by atoms with Crippen LogP contribution in [-0.2, 0) is 14.8 Å². The van der Waals surface area contributed by atoms with Gasteiger partial charge in [0.05, 0.1) is 10.3 Å². The van der Waals surface area contributed by atoms with E-state index in [4.69, 9.17) is 0 Å². The Balaban J connectivity index is 1.88. The number of hydrogen-bond donors (Lipinski definition) is 1. The molecule has 0 aliphatic carbocycles. The summed E-state index contributed by atoms with van der Waals surface area (Å²) in [6.07, 6.45) is 0. The lowest BCUT2D eigenvalue weighted by Gasteiger charge is -2.23. The zero-order valence-electron chi connectivity index (χ0n) is 13.2. The Labute approximate surface area is 146 Å². The first-order valence-corrected chi connectivity index (χ1v) is 10.0. The molecule has 0 bridgehead atoms. The van der Waals surface area contributed by atoms with Gasteiger partial charge in [-0.25, -0.2) is 8.42 Å². The quantitative estimate of drug-likeness (QED) is 0.908. The number of nitrogens with zero attached hydrogens (tertiary/aromatic N) is 1. The van der Waals surface area contributed by atoms with Crippen LogP contribution in [0.1, 0.15) is 17.9 Å². The second kappa shape index (κ2) is 6.96. The van der Waals surface area contributed by atoms with E-state index in [1.807, 2.05) is 30.3 Å². The van der Waals surface area contributed by atoms with Gasteiger partial charge in [0, 0.05) is 24.9 Å². The van der Waals surface area contributed by atoms with Crippen LogP contribution in [0.4, 0.5) is 5.69 Å².